The number of rotatable bonds is 9. The van der Waals surface area contributed by atoms with Gasteiger partial charge in [-0.3, -0.25) is 4.79 Å². The molecule has 1 N–H and O–H groups in total. The fraction of sp³-hybridized carbons (Fsp3) is 0.111. The van der Waals surface area contributed by atoms with Crippen LogP contribution in [0.2, 0.25) is 5.02 Å². The highest BCUT2D eigenvalue weighted by atomic mass is 35.5. The molecule has 0 heterocycles. The van der Waals surface area contributed by atoms with Gasteiger partial charge < -0.3 is 14.2 Å². The van der Waals surface area contributed by atoms with Crippen LogP contribution in [-0.2, 0) is 11.4 Å². The van der Waals surface area contributed by atoms with Gasteiger partial charge in [0.25, 0.3) is 5.91 Å². The maximum absolute atomic E-state index is 12.1. The fourth-order valence-corrected chi connectivity index (χ4v) is 3.37. The van der Waals surface area contributed by atoms with Crippen molar-refractivity contribution in [3.8, 4) is 17.2 Å². The Morgan fingerprint density at radius 1 is 0.912 bits per heavy atom. The van der Waals surface area contributed by atoms with E-state index in [4.69, 9.17) is 25.8 Å². The lowest BCUT2D eigenvalue weighted by Gasteiger charge is -2.11. The van der Waals surface area contributed by atoms with E-state index >= 15 is 0 Å². The van der Waals surface area contributed by atoms with Gasteiger partial charge in [-0.15, -0.1) is 0 Å². The van der Waals surface area contributed by atoms with Gasteiger partial charge >= 0.3 is 0 Å². The number of nitrogens with one attached hydrogen (secondary N) is 1. The van der Waals surface area contributed by atoms with Gasteiger partial charge in [0.05, 0.1) is 13.3 Å². The molecule has 0 aliphatic rings. The minimum atomic E-state index is -0.362. The minimum absolute atomic E-state index is 0.142. The Labute approximate surface area is 202 Å². The zero-order valence-electron chi connectivity index (χ0n) is 18.5. The Kier molecular flexibility index (Phi) is 7.63. The second-order valence-electron chi connectivity index (χ2n) is 7.42. The van der Waals surface area contributed by atoms with Crippen molar-refractivity contribution in [2.75, 3.05) is 13.7 Å². The molecule has 0 aliphatic carbocycles. The van der Waals surface area contributed by atoms with Gasteiger partial charge in [0.2, 0.25) is 0 Å². The van der Waals surface area contributed by atoms with Crippen LogP contribution in [0.4, 0.5) is 0 Å². The Hall–Kier alpha value is -4.03. The smallest absolute Gasteiger partial charge is 0.277 e. The van der Waals surface area contributed by atoms with E-state index in [0.717, 1.165) is 21.9 Å². The lowest BCUT2D eigenvalue weighted by molar-refractivity contribution is -0.123. The van der Waals surface area contributed by atoms with Crippen LogP contribution < -0.4 is 19.6 Å². The zero-order chi connectivity index (χ0) is 23.8. The van der Waals surface area contributed by atoms with E-state index in [-0.39, 0.29) is 12.5 Å². The molecule has 0 unspecified atom stereocenters. The number of nitrogens with zero attached hydrogens (tertiary/aromatic N) is 1. The number of hydrazone groups is 1. The van der Waals surface area contributed by atoms with Crippen LogP contribution in [0, 0.1) is 0 Å². The first-order valence-electron chi connectivity index (χ1n) is 10.6. The minimum Gasteiger partial charge on any atom is -0.493 e. The summed E-state index contributed by atoms with van der Waals surface area (Å²) in [5, 5.41) is 6.84. The Morgan fingerprint density at radius 3 is 2.50 bits per heavy atom. The number of hydrogen-bond acceptors (Lipinski definition) is 5. The van der Waals surface area contributed by atoms with Crippen molar-refractivity contribution < 1.29 is 19.0 Å². The number of hydrogen-bond donors (Lipinski definition) is 1. The Morgan fingerprint density at radius 2 is 1.71 bits per heavy atom. The number of methoxy groups -OCH3 is 1. The van der Waals surface area contributed by atoms with E-state index in [0.29, 0.717) is 28.9 Å². The molecule has 0 bridgehead atoms. The molecule has 4 aromatic rings. The SMILES string of the molecule is COc1cc(/C=N\NC(=O)COc2ccc3ccccc3c2)ccc1OCc1ccc(Cl)cc1. The molecule has 1 amide bonds. The second-order valence-corrected chi connectivity index (χ2v) is 7.85. The molecule has 0 fully saturated rings. The molecule has 0 atom stereocenters. The fourth-order valence-electron chi connectivity index (χ4n) is 3.24. The van der Waals surface area contributed by atoms with Gasteiger partial charge in [0.1, 0.15) is 12.4 Å². The summed E-state index contributed by atoms with van der Waals surface area (Å²) in [7, 11) is 1.57. The summed E-state index contributed by atoms with van der Waals surface area (Å²) in [5.74, 6) is 1.42. The third kappa shape index (κ3) is 6.27. The number of halogens is 1. The van der Waals surface area contributed by atoms with Crippen molar-refractivity contribution >= 4 is 34.5 Å². The number of carbonyl (C=O) groups excluding carboxylic acids is 1. The van der Waals surface area contributed by atoms with Crippen LogP contribution in [0.15, 0.2) is 90.0 Å². The molecule has 0 spiro atoms. The van der Waals surface area contributed by atoms with E-state index in [1.807, 2.05) is 72.8 Å². The average molecular weight is 475 g/mol. The van der Waals surface area contributed by atoms with Crippen LogP contribution >= 0.6 is 11.6 Å². The zero-order valence-corrected chi connectivity index (χ0v) is 19.3. The molecular weight excluding hydrogens is 452 g/mol. The van der Waals surface area contributed by atoms with Crippen molar-refractivity contribution in [1.82, 2.24) is 5.43 Å². The average Bonchev–Trinajstić information content (AvgIpc) is 2.87. The molecule has 0 aliphatic heterocycles. The summed E-state index contributed by atoms with van der Waals surface area (Å²) in [6, 6.07) is 26.5. The Bertz CT molecular complexity index is 1310. The highest BCUT2D eigenvalue weighted by Crippen LogP contribution is 2.28. The summed E-state index contributed by atoms with van der Waals surface area (Å²) >= 11 is 5.91. The highest BCUT2D eigenvalue weighted by molar-refractivity contribution is 6.30. The summed E-state index contributed by atoms with van der Waals surface area (Å²) in [5.41, 5.74) is 4.20. The molecule has 4 rings (SSSR count). The maximum atomic E-state index is 12.1. The van der Waals surface area contributed by atoms with E-state index in [1.54, 1.807) is 19.2 Å². The molecule has 0 aromatic heterocycles. The van der Waals surface area contributed by atoms with Crippen LogP contribution in [0.5, 0.6) is 17.2 Å². The van der Waals surface area contributed by atoms with Crippen LogP contribution in [0.25, 0.3) is 10.8 Å². The van der Waals surface area contributed by atoms with Gasteiger partial charge in [0, 0.05) is 5.02 Å². The molecule has 172 valence electrons. The molecule has 6 nitrogen and oxygen atoms in total. The van der Waals surface area contributed by atoms with E-state index in [1.165, 1.54) is 6.21 Å². The number of amides is 1. The highest BCUT2D eigenvalue weighted by Gasteiger charge is 2.07. The lowest BCUT2D eigenvalue weighted by Crippen LogP contribution is -2.24. The maximum Gasteiger partial charge on any atom is 0.277 e. The van der Waals surface area contributed by atoms with Gasteiger partial charge in [-0.05, 0) is 64.4 Å². The summed E-state index contributed by atoms with van der Waals surface area (Å²) in [6.07, 6.45) is 1.53. The molecule has 0 saturated carbocycles. The number of ether oxygens (including phenoxy) is 3. The predicted molar refractivity (Wildman–Crippen MR) is 134 cm³/mol. The standard InChI is InChI=1S/C27H23ClN2O4/c1-32-26-14-20(8-13-25(26)34-17-19-6-10-23(28)11-7-19)16-29-30-27(31)18-33-24-12-9-21-4-2-3-5-22(21)15-24/h2-16H,17-18H2,1H3,(H,30,31)/b29-16-. The summed E-state index contributed by atoms with van der Waals surface area (Å²) < 4.78 is 16.8. The van der Waals surface area contributed by atoms with Crippen molar-refractivity contribution in [2.24, 2.45) is 5.10 Å². The normalized spacial score (nSPS) is 10.9. The van der Waals surface area contributed by atoms with E-state index in [2.05, 4.69) is 10.5 Å². The third-order valence-corrected chi connectivity index (χ3v) is 5.24. The van der Waals surface area contributed by atoms with E-state index in [9.17, 15) is 4.79 Å². The van der Waals surface area contributed by atoms with Crippen LogP contribution in [-0.4, -0.2) is 25.8 Å². The lowest BCUT2D eigenvalue weighted by atomic mass is 10.1. The quantitative estimate of drug-likeness (QED) is 0.253. The van der Waals surface area contributed by atoms with Gasteiger partial charge in [-0.2, -0.15) is 5.10 Å². The molecule has 34 heavy (non-hydrogen) atoms. The first kappa shape index (κ1) is 23.1. The van der Waals surface area contributed by atoms with Gasteiger partial charge in [-0.1, -0.05) is 54.1 Å². The molecule has 0 saturated heterocycles. The van der Waals surface area contributed by atoms with Crippen molar-refractivity contribution in [2.45, 2.75) is 6.61 Å². The third-order valence-electron chi connectivity index (χ3n) is 4.99. The number of benzene rings is 4. The first-order valence-corrected chi connectivity index (χ1v) is 11.0. The molecule has 7 heteroatoms. The van der Waals surface area contributed by atoms with Crippen molar-refractivity contribution in [1.29, 1.82) is 0 Å². The topological polar surface area (TPSA) is 69.2 Å². The second kappa shape index (κ2) is 11.2. The van der Waals surface area contributed by atoms with E-state index < -0.39 is 0 Å². The number of fused-ring (bicyclic) bond motifs is 1. The molecule has 4 aromatic carbocycles. The van der Waals surface area contributed by atoms with Gasteiger partial charge in [0.15, 0.2) is 18.1 Å². The number of carbonyl (C=O) groups is 1. The molecule has 0 radical (unpaired) electrons. The predicted octanol–water partition coefficient (Wildman–Crippen LogP) is 5.61. The monoisotopic (exact) mass is 474 g/mol. The first-order chi connectivity index (χ1) is 16.6. The summed E-state index contributed by atoms with van der Waals surface area (Å²) in [6.45, 7) is 0.241. The molecular formula is C27H23ClN2O4. The van der Waals surface area contributed by atoms with Crippen LogP contribution in [0.1, 0.15) is 11.1 Å². The Balaban J connectivity index is 1.29. The largest absolute Gasteiger partial charge is 0.493 e. The van der Waals surface area contributed by atoms with Gasteiger partial charge in [-0.25, -0.2) is 5.43 Å². The van der Waals surface area contributed by atoms with Crippen molar-refractivity contribution in [3.63, 3.8) is 0 Å². The summed E-state index contributed by atoms with van der Waals surface area (Å²) in [4.78, 5) is 12.1. The van der Waals surface area contributed by atoms with Crippen LogP contribution in [0.3, 0.4) is 0 Å². The van der Waals surface area contributed by atoms with Crippen molar-refractivity contribution in [3.05, 3.63) is 101 Å².